The first-order valence-corrected chi connectivity index (χ1v) is 9.71. The van der Waals surface area contributed by atoms with Crippen LogP contribution in [0.15, 0.2) is 100 Å². The minimum Gasteiger partial charge on any atom is -0.481 e. The van der Waals surface area contributed by atoms with E-state index >= 15 is 0 Å². The van der Waals surface area contributed by atoms with Crippen molar-refractivity contribution < 1.29 is 13.9 Å². The van der Waals surface area contributed by atoms with Crippen molar-refractivity contribution >= 4 is 16.9 Å². The minimum absolute atomic E-state index is 0.248. The van der Waals surface area contributed by atoms with Crippen LogP contribution in [0.25, 0.3) is 11.0 Å². The van der Waals surface area contributed by atoms with Gasteiger partial charge in [0.05, 0.1) is 6.04 Å². The van der Waals surface area contributed by atoms with E-state index in [1.165, 1.54) is 6.07 Å². The van der Waals surface area contributed by atoms with Crippen LogP contribution < -0.4 is 15.7 Å². The molecule has 1 amide bonds. The van der Waals surface area contributed by atoms with Crippen LogP contribution in [0.1, 0.15) is 24.1 Å². The molecule has 0 fully saturated rings. The van der Waals surface area contributed by atoms with Gasteiger partial charge in [-0.2, -0.15) is 0 Å². The SMILES string of the molecule is C[C@@H](Oc1ccc2ccc(=O)oc2c1)C(=O)NC(c1ccccc1)c1ccccc1. The van der Waals surface area contributed by atoms with Gasteiger partial charge in [-0.3, -0.25) is 4.79 Å². The first-order chi connectivity index (χ1) is 14.6. The highest BCUT2D eigenvalue weighted by Gasteiger charge is 2.21. The third kappa shape index (κ3) is 4.41. The fourth-order valence-corrected chi connectivity index (χ4v) is 3.28. The molecule has 0 spiro atoms. The molecule has 0 saturated carbocycles. The van der Waals surface area contributed by atoms with E-state index in [2.05, 4.69) is 5.32 Å². The van der Waals surface area contributed by atoms with Gasteiger partial charge in [0.25, 0.3) is 5.91 Å². The van der Waals surface area contributed by atoms with Crippen LogP contribution in [-0.4, -0.2) is 12.0 Å². The number of carbonyl (C=O) groups excluding carboxylic acids is 1. The molecule has 5 nitrogen and oxygen atoms in total. The van der Waals surface area contributed by atoms with Crippen molar-refractivity contribution in [2.45, 2.75) is 19.1 Å². The summed E-state index contributed by atoms with van der Waals surface area (Å²) in [7, 11) is 0. The Bertz CT molecular complexity index is 1160. The summed E-state index contributed by atoms with van der Waals surface area (Å²) in [6.07, 6.45) is -0.743. The average Bonchev–Trinajstić information content (AvgIpc) is 2.78. The molecule has 4 rings (SSSR count). The summed E-state index contributed by atoms with van der Waals surface area (Å²) in [5.41, 5.74) is 1.95. The van der Waals surface area contributed by atoms with Crippen LogP contribution in [-0.2, 0) is 4.79 Å². The Morgan fingerprint density at radius 3 is 2.10 bits per heavy atom. The maximum Gasteiger partial charge on any atom is 0.336 e. The van der Waals surface area contributed by atoms with Gasteiger partial charge in [0, 0.05) is 17.5 Å². The summed E-state index contributed by atoms with van der Waals surface area (Å²) >= 11 is 0. The molecule has 1 N–H and O–H groups in total. The molecule has 3 aromatic carbocycles. The molecule has 4 aromatic rings. The third-order valence-electron chi connectivity index (χ3n) is 4.83. The molecule has 5 heteroatoms. The lowest BCUT2D eigenvalue weighted by molar-refractivity contribution is -0.127. The van der Waals surface area contributed by atoms with E-state index in [-0.39, 0.29) is 11.9 Å². The van der Waals surface area contributed by atoms with Crippen LogP contribution in [0.5, 0.6) is 5.75 Å². The molecule has 0 aliphatic heterocycles. The van der Waals surface area contributed by atoms with Crippen molar-refractivity contribution in [1.29, 1.82) is 0 Å². The quantitative estimate of drug-likeness (QED) is 0.486. The monoisotopic (exact) mass is 399 g/mol. The van der Waals surface area contributed by atoms with Crippen molar-refractivity contribution in [3.63, 3.8) is 0 Å². The number of rotatable bonds is 6. The predicted octanol–water partition coefficient (Wildman–Crippen LogP) is 4.47. The lowest BCUT2D eigenvalue weighted by Gasteiger charge is -2.22. The molecule has 30 heavy (non-hydrogen) atoms. The zero-order valence-electron chi connectivity index (χ0n) is 16.4. The molecule has 0 radical (unpaired) electrons. The van der Waals surface area contributed by atoms with Crippen LogP contribution in [0.4, 0.5) is 0 Å². The van der Waals surface area contributed by atoms with Gasteiger partial charge in [-0.25, -0.2) is 4.79 Å². The first kappa shape index (κ1) is 19.5. The smallest absolute Gasteiger partial charge is 0.336 e. The van der Waals surface area contributed by atoms with Gasteiger partial charge in [-0.05, 0) is 36.2 Å². The maximum atomic E-state index is 12.9. The number of hydrogen-bond donors (Lipinski definition) is 1. The number of carbonyl (C=O) groups is 1. The van der Waals surface area contributed by atoms with E-state index in [4.69, 9.17) is 9.15 Å². The van der Waals surface area contributed by atoms with E-state index in [0.717, 1.165) is 16.5 Å². The van der Waals surface area contributed by atoms with Crippen LogP contribution in [0.2, 0.25) is 0 Å². The summed E-state index contributed by atoms with van der Waals surface area (Å²) in [6, 6.07) is 27.5. The van der Waals surface area contributed by atoms with Gasteiger partial charge < -0.3 is 14.5 Å². The Labute approximate surface area is 173 Å². The van der Waals surface area contributed by atoms with Gasteiger partial charge in [0.1, 0.15) is 11.3 Å². The molecular weight excluding hydrogens is 378 g/mol. The molecule has 0 saturated heterocycles. The molecule has 0 aliphatic carbocycles. The highest BCUT2D eigenvalue weighted by Crippen LogP contribution is 2.23. The number of ether oxygens (including phenoxy) is 1. The minimum atomic E-state index is -0.743. The van der Waals surface area contributed by atoms with Crippen molar-refractivity contribution in [3.8, 4) is 5.75 Å². The maximum absolute atomic E-state index is 12.9. The van der Waals surface area contributed by atoms with Crippen molar-refractivity contribution in [3.05, 3.63) is 113 Å². The predicted molar refractivity (Wildman–Crippen MR) is 115 cm³/mol. The standard InChI is InChI=1S/C25H21NO4/c1-17(29-21-14-12-18-13-15-23(27)30-22(18)16-21)25(28)26-24(19-8-4-2-5-9-19)20-10-6-3-7-11-20/h2-17,24H,1H3,(H,26,28)/t17-/m1/s1. The summed E-state index contributed by atoms with van der Waals surface area (Å²) in [5, 5.41) is 3.86. The summed E-state index contributed by atoms with van der Waals surface area (Å²) in [5.74, 6) is 0.206. The molecule has 1 aromatic heterocycles. The highest BCUT2D eigenvalue weighted by atomic mass is 16.5. The summed E-state index contributed by atoms with van der Waals surface area (Å²) < 4.78 is 11.0. The second-order valence-corrected chi connectivity index (χ2v) is 6.98. The van der Waals surface area contributed by atoms with E-state index in [1.54, 1.807) is 31.2 Å². The fourth-order valence-electron chi connectivity index (χ4n) is 3.28. The van der Waals surface area contributed by atoms with Gasteiger partial charge in [-0.15, -0.1) is 0 Å². The van der Waals surface area contributed by atoms with Crippen molar-refractivity contribution in [1.82, 2.24) is 5.32 Å². The Hall–Kier alpha value is -3.86. The topological polar surface area (TPSA) is 68.5 Å². The molecule has 0 aliphatic rings. The summed E-state index contributed by atoms with van der Waals surface area (Å²) in [6.45, 7) is 1.69. The average molecular weight is 399 g/mol. The molecule has 150 valence electrons. The largest absolute Gasteiger partial charge is 0.481 e. The van der Waals surface area contributed by atoms with E-state index in [9.17, 15) is 9.59 Å². The van der Waals surface area contributed by atoms with E-state index < -0.39 is 11.7 Å². The van der Waals surface area contributed by atoms with Crippen molar-refractivity contribution in [2.75, 3.05) is 0 Å². The lowest BCUT2D eigenvalue weighted by Crippen LogP contribution is -2.39. The van der Waals surface area contributed by atoms with Gasteiger partial charge >= 0.3 is 5.63 Å². The zero-order valence-corrected chi connectivity index (χ0v) is 16.4. The normalized spacial score (nSPS) is 11.9. The van der Waals surface area contributed by atoms with Crippen LogP contribution >= 0.6 is 0 Å². The highest BCUT2D eigenvalue weighted by molar-refractivity contribution is 5.82. The number of fused-ring (bicyclic) bond motifs is 1. The van der Waals surface area contributed by atoms with Crippen LogP contribution in [0, 0.1) is 0 Å². The Kier molecular flexibility index (Phi) is 5.61. The first-order valence-electron chi connectivity index (χ1n) is 9.71. The Balaban J connectivity index is 1.53. The van der Waals surface area contributed by atoms with Gasteiger partial charge in [0.15, 0.2) is 6.10 Å². The number of hydrogen-bond acceptors (Lipinski definition) is 4. The fraction of sp³-hybridized carbons (Fsp3) is 0.120. The Morgan fingerprint density at radius 2 is 1.47 bits per heavy atom. The number of benzene rings is 3. The summed E-state index contributed by atoms with van der Waals surface area (Å²) in [4.78, 5) is 24.4. The van der Waals surface area contributed by atoms with Gasteiger partial charge in [0.2, 0.25) is 0 Å². The molecular formula is C25H21NO4. The number of amides is 1. The van der Waals surface area contributed by atoms with E-state index in [1.807, 2.05) is 60.7 Å². The molecule has 1 heterocycles. The van der Waals surface area contributed by atoms with E-state index in [0.29, 0.717) is 11.3 Å². The second kappa shape index (κ2) is 8.66. The Morgan fingerprint density at radius 1 is 0.867 bits per heavy atom. The molecule has 1 atom stereocenters. The lowest BCUT2D eigenvalue weighted by atomic mass is 9.98. The second-order valence-electron chi connectivity index (χ2n) is 6.98. The molecule has 0 unspecified atom stereocenters. The zero-order chi connectivity index (χ0) is 20.9. The van der Waals surface area contributed by atoms with Crippen LogP contribution in [0.3, 0.4) is 0 Å². The number of nitrogens with one attached hydrogen (secondary N) is 1. The van der Waals surface area contributed by atoms with Gasteiger partial charge in [-0.1, -0.05) is 60.7 Å². The van der Waals surface area contributed by atoms with Crippen molar-refractivity contribution in [2.24, 2.45) is 0 Å². The third-order valence-corrected chi connectivity index (χ3v) is 4.83. The molecule has 0 bridgehead atoms.